The molecule has 0 atom stereocenters. The van der Waals surface area contributed by atoms with Gasteiger partial charge in [-0.2, -0.15) is 0 Å². The van der Waals surface area contributed by atoms with E-state index >= 15 is 0 Å². The first-order valence-electron chi connectivity index (χ1n) is 15.9. The number of hydrogen-bond donors (Lipinski definition) is 0. The van der Waals surface area contributed by atoms with Crippen molar-refractivity contribution in [3.05, 3.63) is 127 Å². The van der Waals surface area contributed by atoms with Crippen LogP contribution in [-0.4, -0.2) is 17.9 Å². The summed E-state index contributed by atoms with van der Waals surface area (Å²) in [5.41, 5.74) is 1.51. The van der Waals surface area contributed by atoms with Crippen LogP contribution < -0.4 is 14.2 Å². The van der Waals surface area contributed by atoms with Crippen LogP contribution >= 0.6 is 0 Å². The lowest BCUT2D eigenvalue weighted by atomic mass is 10.1. The molecule has 0 saturated heterocycles. The number of unbranched alkanes of at least 4 members (excludes halogenated alkanes) is 7. The minimum Gasteiger partial charge on any atom is -0.427 e. The molecular weight excluding hydrogens is 576 g/mol. The Morgan fingerprint density at radius 3 is 1.61 bits per heavy atom. The summed E-state index contributed by atoms with van der Waals surface area (Å²) in [6, 6.07) is 11.8. The molecule has 0 unspecified atom stereocenters. The summed E-state index contributed by atoms with van der Waals surface area (Å²) in [7, 11) is 0. The molecule has 0 bridgehead atoms. The van der Waals surface area contributed by atoms with Crippen molar-refractivity contribution in [1.82, 2.24) is 0 Å². The highest BCUT2D eigenvalue weighted by molar-refractivity contribution is 5.84. The number of hydrogen-bond acceptors (Lipinski definition) is 6. The summed E-state index contributed by atoms with van der Waals surface area (Å²) >= 11 is 0. The second kappa shape index (κ2) is 23.4. The summed E-state index contributed by atoms with van der Waals surface area (Å²) in [5, 5.41) is 0. The van der Waals surface area contributed by atoms with Gasteiger partial charge in [0.1, 0.15) is 17.2 Å². The van der Waals surface area contributed by atoms with Gasteiger partial charge in [-0.25, -0.2) is 4.79 Å². The fourth-order valence-corrected chi connectivity index (χ4v) is 4.17. The lowest BCUT2D eigenvalue weighted by Gasteiger charge is -2.07. The monoisotopic (exact) mass is 622 g/mol. The minimum atomic E-state index is -0.484. The lowest BCUT2D eigenvalue weighted by molar-refractivity contribution is -0.132. The van der Waals surface area contributed by atoms with Gasteiger partial charge >= 0.3 is 17.9 Å². The summed E-state index contributed by atoms with van der Waals surface area (Å²) in [5.74, 6) is -0.496. The van der Waals surface area contributed by atoms with Crippen molar-refractivity contribution < 1.29 is 28.6 Å². The van der Waals surface area contributed by atoms with Gasteiger partial charge in [-0.05, 0) is 48.2 Å². The third-order valence-electron chi connectivity index (χ3n) is 6.34. The number of carbonyl (C=O) groups excluding carboxylic acids is 3. The highest BCUT2D eigenvalue weighted by atomic mass is 16.5. The summed E-state index contributed by atoms with van der Waals surface area (Å²) in [6.45, 7) is 4.84. The van der Waals surface area contributed by atoms with E-state index in [1.54, 1.807) is 54.6 Å². The van der Waals surface area contributed by atoms with Crippen LogP contribution in [0.2, 0.25) is 0 Å². The first-order chi connectivity index (χ1) is 22.4. The van der Waals surface area contributed by atoms with E-state index in [1.807, 2.05) is 48.6 Å². The van der Waals surface area contributed by atoms with Gasteiger partial charge in [-0.15, -0.1) is 0 Å². The maximum atomic E-state index is 12.1. The van der Waals surface area contributed by atoms with Crippen LogP contribution in [0.3, 0.4) is 0 Å². The summed E-state index contributed by atoms with van der Waals surface area (Å²) in [6.07, 6.45) is 36.7. The fourth-order valence-electron chi connectivity index (χ4n) is 4.17. The predicted octanol–water partition coefficient (Wildman–Crippen LogP) is 10.1. The molecule has 0 N–H and O–H groups in total. The first-order valence-corrected chi connectivity index (χ1v) is 15.9. The van der Waals surface area contributed by atoms with Gasteiger partial charge in [-0.1, -0.05) is 137 Å². The largest absolute Gasteiger partial charge is 0.427 e. The Morgan fingerprint density at radius 2 is 1.04 bits per heavy atom. The van der Waals surface area contributed by atoms with Crippen molar-refractivity contribution in [2.75, 3.05) is 0 Å². The molecule has 2 aromatic carbocycles. The van der Waals surface area contributed by atoms with Crippen LogP contribution in [0.1, 0.15) is 83.3 Å². The highest BCUT2D eigenvalue weighted by Crippen LogP contribution is 2.25. The SMILES string of the molecule is CCCCCCCCC/C=C/C=C/C=C/C=C/C=C/C=C/C(=O)Oc1ccc(/C=C/c2cc(OC(C)=O)cc(OC(C)=O)c2)cc1. The van der Waals surface area contributed by atoms with Gasteiger partial charge in [0.05, 0.1) is 0 Å². The molecule has 6 nitrogen and oxygen atoms in total. The van der Waals surface area contributed by atoms with Crippen molar-refractivity contribution in [2.24, 2.45) is 0 Å². The average molecular weight is 623 g/mol. The third-order valence-corrected chi connectivity index (χ3v) is 6.34. The highest BCUT2D eigenvalue weighted by Gasteiger charge is 2.06. The van der Waals surface area contributed by atoms with Crippen LogP contribution in [0.5, 0.6) is 17.2 Å². The number of esters is 3. The zero-order valence-electron chi connectivity index (χ0n) is 27.2. The minimum absolute atomic E-state index is 0.268. The Labute approximate surface area is 274 Å². The lowest BCUT2D eigenvalue weighted by Crippen LogP contribution is -2.04. The van der Waals surface area contributed by atoms with Crippen molar-refractivity contribution >= 4 is 30.1 Å². The fraction of sp³-hybridized carbons (Fsp3) is 0.275. The predicted molar refractivity (Wildman–Crippen MR) is 188 cm³/mol. The molecule has 46 heavy (non-hydrogen) atoms. The molecule has 0 spiro atoms. The van der Waals surface area contributed by atoms with Gasteiger partial charge < -0.3 is 14.2 Å². The Bertz CT molecular complexity index is 1400. The molecule has 0 saturated carbocycles. The molecular formula is C40H46O6. The Morgan fingerprint density at radius 1 is 0.543 bits per heavy atom. The van der Waals surface area contributed by atoms with E-state index < -0.39 is 17.9 Å². The van der Waals surface area contributed by atoms with Crippen LogP contribution in [0.25, 0.3) is 12.2 Å². The van der Waals surface area contributed by atoms with Crippen LogP contribution in [0.4, 0.5) is 0 Å². The number of rotatable bonds is 19. The number of allylic oxidation sites excluding steroid dienone is 11. The molecule has 0 amide bonds. The van der Waals surface area contributed by atoms with Gasteiger partial charge in [-0.3, -0.25) is 9.59 Å². The van der Waals surface area contributed by atoms with Crippen molar-refractivity contribution in [1.29, 1.82) is 0 Å². The van der Waals surface area contributed by atoms with E-state index in [4.69, 9.17) is 14.2 Å². The molecule has 2 aromatic rings. The second-order valence-corrected chi connectivity index (χ2v) is 10.5. The second-order valence-electron chi connectivity index (χ2n) is 10.5. The average Bonchev–Trinajstić information content (AvgIpc) is 3.01. The maximum absolute atomic E-state index is 12.1. The maximum Gasteiger partial charge on any atom is 0.336 e. The standard InChI is InChI=1S/C40H46O6/c1-4-5-6-7-8-9-10-11-12-13-14-15-16-17-18-19-20-21-22-23-40(43)46-37-28-26-35(27-29-37)24-25-36-30-38(44-33(2)41)32-39(31-36)45-34(3)42/h12-32H,4-11H2,1-3H3/b13-12+,15-14+,17-16+,19-18+,21-20+,23-22+,25-24+. The molecule has 0 aromatic heterocycles. The van der Waals surface area contributed by atoms with E-state index in [1.165, 1.54) is 70.9 Å². The van der Waals surface area contributed by atoms with Gasteiger partial charge in [0, 0.05) is 26.0 Å². The van der Waals surface area contributed by atoms with E-state index in [0.717, 1.165) is 12.0 Å². The molecule has 0 radical (unpaired) electrons. The molecule has 242 valence electrons. The van der Waals surface area contributed by atoms with Crippen molar-refractivity contribution in [2.45, 2.75) is 72.1 Å². The van der Waals surface area contributed by atoms with E-state index in [2.05, 4.69) is 19.1 Å². The quantitative estimate of drug-likeness (QED) is 0.0387. The zero-order valence-corrected chi connectivity index (χ0v) is 27.2. The summed E-state index contributed by atoms with van der Waals surface area (Å²) < 4.78 is 15.6. The normalized spacial score (nSPS) is 12.2. The zero-order chi connectivity index (χ0) is 33.2. The molecule has 0 fully saturated rings. The molecule has 0 heterocycles. The molecule has 0 aliphatic heterocycles. The Kier molecular flexibility index (Phi) is 18.9. The van der Waals surface area contributed by atoms with Gasteiger partial charge in [0.15, 0.2) is 0 Å². The van der Waals surface area contributed by atoms with Crippen molar-refractivity contribution in [3.63, 3.8) is 0 Å². The first kappa shape index (κ1) is 37.2. The molecule has 2 rings (SSSR count). The van der Waals surface area contributed by atoms with Crippen LogP contribution in [-0.2, 0) is 14.4 Å². The van der Waals surface area contributed by atoms with E-state index in [9.17, 15) is 14.4 Å². The Balaban J connectivity index is 1.72. The summed E-state index contributed by atoms with van der Waals surface area (Å²) in [4.78, 5) is 34.8. The number of benzene rings is 2. The third kappa shape index (κ3) is 18.6. The number of carbonyl (C=O) groups is 3. The van der Waals surface area contributed by atoms with E-state index in [-0.39, 0.29) is 11.5 Å². The van der Waals surface area contributed by atoms with Crippen LogP contribution in [0, 0.1) is 0 Å². The molecule has 0 aliphatic rings. The van der Waals surface area contributed by atoms with Crippen molar-refractivity contribution in [3.8, 4) is 17.2 Å². The topological polar surface area (TPSA) is 78.9 Å². The van der Waals surface area contributed by atoms with Gasteiger partial charge in [0.25, 0.3) is 0 Å². The van der Waals surface area contributed by atoms with Crippen LogP contribution in [0.15, 0.2) is 115 Å². The Hall–Kier alpha value is -4.97. The number of ether oxygens (including phenoxy) is 3. The molecule has 0 aliphatic carbocycles. The van der Waals surface area contributed by atoms with Gasteiger partial charge in [0.2, 0.25) is 0 Å². The smallest absolute Gasteiger partial charge is 0.336 e. The van der Waals surface area contributed by atoms with E-state index in [0.29, 0.717) is 11.3 Å². The molecule has 6 heteroatoms.